The second kappa shape index (κ2) is 22.1. The number of nitrogens with zero attached hydrogens (tertiary/aromatic N) is 4. The predicted octanol–water partition coefficient (Wildman–Crippen LogP) is 25.2. The fourth-order valence-electron chi connectivity index (χ4n) is 15.8. The van der Waals surface area contributed by atoms with Crippen LogP contribution in [-0.4, -0.2) is 9.97 Å². The lowest BCUT2D eigenvalue weighted by Crippen LogP contribution is -2.29. The molecule has 12 aromatic carbocycles. The molecule has 0 fully saturated rings. The van der Waals surface area contributed by atoms with Gasteiger partial charge in [-0.1, -0.05) is 242 Å². The fraction of sp³-hybridized carbons (Fsp3) is 0.121. The second-order valence-electron chi connectivity index (χ2n) is 28.6. The molecule has 1 aliphatic rings. The quantitative estimate of drug-likeness (QED) is 0.135. The molecule has 0 unspecified atom stereocenters. The summed E-state index contributed by atoms with van der Waals surface area (Å²) >= 11 is 0. The number of fused-ring (bicyclic) bond motifs is 15. The van der Waals surface area contributed by atoms with Gasteiger partial charge in [0.05, 0.1) is 22.2 Å². The van der Waals surface area contributed by atoms with E-state index >= 15 is 0 Å². The van der Waals surface area contributed by atoms with Crippen molar-refractivity contribution < 1.29 is 13.3 Å². The summed E-state index contributed by atoms with van der Waals surface area (Å²) in [5, 5.41) is 8.32. The van der Waals surface area contributed by atoms with E-state index < -0.39 is 5.41 Å². The smallest absolute Gasteiger partial charge is 0.145 e. The van der Waals surface area contributed by atoms with Gasteiger partial charge in [-0.05, 0) is 147 Å². The van der Waals surface area contributed by atoms with Crippen LogP contribution in [-0.2, 0) is 16.2 Å². The summed E-state index contributed by atoms with van der Waals surface area (Å²) in [6.07, 6.45) is 4.01. The topological polar surface area (TPSA) is 71.7 Å². The fourth-order valence-corrected chi connectivity index (χ4v) is 15.8. The maximum Gasteiger partial charge on any atom is 0.145 e. The zero-order valence-electron chi connectivity index (χ0n) is 56.1. The van der Waals surface area contributed by atoms with Gasteiger partial charge in [-0.25, -0.2) is 9.97 Å². The predicted molar refractivity (Wildman–Crippen MR) is 406 cm³/mol. The van der Waals surface area contributed by atoms with Gasteiger partial charge in [-0.2, -0.15) is 0 Å². The first-order valence-corrected chi connectivity index (χ1v) is 33.9. The third kappa shape index (κ3) is 9.02. The zero-order valence-corrected chi connectivity index (χ0v) is 56.1. The third-order valence-electron chi connectivity index (χ3n) is 20.4. The molecule has 0 saturated heterocycles. The van der Waals surface area contributed by atoms with Crippen molar-refractivity contribution in [2.45, 2.75) is 71.6 Å². The normalized spacial score (nSPS) is 13.0. The van der Waals surface area contributed by atoms with Gasteiger partial charge in [0, 0.05) is 83.9 Å². The standard InChI is InChI=1S/C91H70N4O3/c1-55-49-72(69-36-23-34-67-64-30-17-20-38-78(64)96-84(67)69)87(92-53-55)94(61-45-41-57(42-46-61)89(3,4)5)76-51-74-81(66-32-16-15-29-63(66)76)83-75(91(74,59-25-11-9-12-26-59)60-27-13-10-14-28-60)52-77(82-71-33-19-22-40-80(71)98-86(82)83)95(62-47-43-58(44-48-62)90(6,7)8)88-73(50-56(2)54-93-88)70-37-24-35-68-65-31-18-21-39-79(65)97-85(68)70/h9-54H,1-8H3. The van der Waals surface area contributed by atoms with Gasteiger partial charge in [0.2, 0.25) is 0 Å². The van der Waals surface area contributed by atoms with Crippen molar-refractivity contribution >= 4 is 111 Å². The van der Waals surface area contributed by atoms with Gasteiger partial charge in [-0.3, -0.25) is 9.80 Å². The van der Waals surface area contributed by atoms with E-state index in [0.29, 0.717) is 0 Å². The summed E-state index contributed by atoms with van der Waals surface area (Å²) in [6.45, 7) is 17.9. The Labute approximate surface area is 569 Å². The van der Waals surface area contributed by atoms with Crippen molar-refractivity contribution in [3.63, 3.8) is 0 Å². The molecular weight excluding hydrogens is 1200 g/mol. The molecule has 0 radical (unpaired) electrons. The van der Waals surface area contributed by atoms with Crippen LogP contribution >= 0.6 is 0 Å². The SMILES string of the molecule is Cc1cnc(N(c2ccc(C(C)(C)C)cc2)c2cc3c(c4ccccc24)-c2c(cc(N(c4ccc(C(C)(C)C)cc4)c4ncc(C)cc4-c4cccc5c4oc4ccccc45)c4c2oc2ccccc24)C3(c2ccccc2)c2ccccc2)c(-c2cccc3c2oc2ccccc23)c1. The summed E-state index contributed by atoms with van der Waals surface area (Å²) < 4.78 is 21.6. The number of furan rings is 3. The van der Waals surface area contributed by atoms with Crippen LogP contribution in [0.2, 0.25) is 0 Å². The minimum atomic E-state index is -0.996. The molecule has 0 N–H and O–H groups in total. The Hall–Kier alpha value is -11.8. The average Bonchev–Trinajstić information content (AvgIpc) is 1.50. The van der Waals surface area contributed by atoms with Crippen LogP contribution in [0.4, 0.5) is 34.4 Å². The van der Waals surface area contributed by atoms with E-state index in [1.165, 1.54) is 11.1 Å². The number of hydrogen-bond acceptors (Lipinski definition) is 7. The minimum absolute atomic E-state index is 0.101. The lowest BCUT2D eigenvalue weighted by molar-refractivity contribution is 0.590. The Morgan fingerprint density at radius 2 is 0.714 bits per heavy atom. The van der Waals surface area contributed by atoms with E-state index in [-0.39, 0.29) is 10.8 Å². The molecule has 0 bridgehead atoms. The van der Waals surface area contributed by atoms with E-state index in [2.05, 4.69) is 320 Å². The molecule has 5 heterocycles. The van der Waals surface area contributed by atoms with Crippen molar-refractivity contribution in [1.29, 1.82) is 0 Å². The summed E-state index contributed by atoms with van der Waals surface area (Å²) in [4.78, 5) is 16.1. The highest BCUT2D eigenvalue weighted by Crippen LogP contribution is 2.64. The first kappa shape index (κ1) is 58.8. The van der Waals surface area contributed by atoms with Gasteiger partial charge in [0.15, 0.2) is 0 Å². The molecular formula is C91H70N4O3. The summed E-state index contributed by atoms with van der Waals surface area (Å²) in [5.74, 6) is 1.52. The number of para-hydroxylation sites is 5. The van der Waals surface area contributed by atoms with Crippen LogP contribution in [0.3, 0.4) is 0 Å². The van der Waals surface area contributed by atoms with Gasteiger partial charge < -0.3 is 13.3 Å². The van der Waals surface area contributed by atoms with Crippen molar-refractivity contribution in [3.8, 4) is 33.4 Å². The van der Waals surface area contributed by atoms with E-state index in [1.54, 1.807) is 0 Å². The highest BCUT2D eigenvalue weighted by molar-refractivity contribution is 6.23. The van der Waals surface area contributed by atoms with E-state index in [1.807, 2.05) is 24.5 Å². The molecule has 472 valence electrons. The van der Waals surface area contributed by atoms with Crippen LogP contribution in [0.1, 0.15) is 86.1 Å². The van der Waals surface area contributed by atoms with Crippen LogP contribution < -0.4 is 9.80 Å². The molecule has 0 spiro atoms. The number of hydrogen-bond donors (Lipinski definition) is 0. The molecule has 17 aromatic rings. The summed E-state index contributed by atoms with van der Waals surface area (Å²) in [5.41, 5.74) is 22.3. The Morgan fingerprint density at radius 3 is 1.20 bits per heavy atom. The van der Waals surface area contributed by atoms with Crippen molar-refractivity contribution in [1.82, 2.24) is 9.97 Å². The van der Waals surface area contributed by atoms with Gasteiger partial charge in [-0.15, -0.1) is 0 Å². The number of anilines is 6. The molecule has 7 nitrogen and oxygen atoms in total. The number of benzene rings is 12. The lowest BCUT2D eigenvalue weighted by atomic mass is 9.67. The second-order valence-corrected chi connectivity index (χ2v) is 28.6. The highest BCUT2D eigenvalue weighted by Gasteiger charge is 2.50. The third-order valence-corrected chi connectivity index (χ3v) is 20.4. The molecule has 0 amide bonds. The Bertz CT molecular complexity index is 6000. The number of rotatable bonds is 10. The first-order valence-electron chi connectivity index (χ1n) is 33.9. The Kier molecular flexibility index (Phi) is 13.3. The largest absolute Gasteiger partial charge is 0.455 e. The van der Waals surface area contributed by atoms with Crippen molar-refractivity contribution in [2.24, 2.45) is 0 Å². The monoisotopic (exact) mass is 1270 g/mol. The first-order chi connectivity index (χ1) is 47.7. The van der Waals surface area contributed by atoms with Crippen LogP contribution in [0.25, 0.3) is 110 Å². The van der Waals surface area contributed by atoms with Crippen LogP contribution in [0.15, 0.2) is 293 Å². The average molecular weight is 1270 g/mol. The summed E-state index contributed by atoms with van der Waals surface area (Å²) in [6, 6.07) is 97.2. The molecule has 18 rings (SSSR count). The Morgan fingerprint density at radius 1 is 0.327 bits per heavy atom. The molecule has 0 atom stereocenters. The van der Waals surface area contributed by atoms with Gasteiger partial charge in [0.25, 0.3) is 0 Å². The molecule has 5 aromatic heterocycles. The number of aryl methyl sites for hydroxylation is 2. The van der Waals surface area contributed by atoms with Crippen LogP contribution in [0.5, 0.6) is 0 Å². The lowest BCUT2D eigenvalue weighted by Gasteiger charge is -2.36. The van der Waals surface area contributed by atoms with Crippen LogP contribution in [0, 0.1) is 13.8 Å². The molecule has 98 heavy (non-hydrogen) atoms. The minimum Gasteiger partial charge on any atom is -0.455 e. The van der Waals surface area contributed by atoms with Crippen molar-refractivity contribution in [3.05, 3.63) is 324 Å². The number of aromatic nitrogens is 2. The van der Waals surface area contributed by atoms with Gasteiger partial charge in [0.1, 0.15) is 45.1 Å². The van der Waals surface area contributed by atoms with E-state index in [0.717, 1.165) is 178 Å². The molecule has 7 heteroatoms. The molecule has 0 aliphatic heterocycles. The van der Waals surface area contributed by atoms with Gasteiger partial charge >= 0.3 is 0 Å². The molecule has 0 saturated carbocycles. The maximum absolute atomic E-state index is 7.71. The zero-order chi connectivity index (χ0) is 66.3. The maximum atomic E-state index is 7.71. The summed E-state index contributed by atoms with van der Waals surface area (Å²) in [7, 11) is 0. The molecule has 1 aliphatic carbocycles. The highest BCUT2D eigenvalue weighted by atomic mass is 16.3. The Balaban J connectivity index is 0.984. The van der Waals surface area contributed by atoms with E-state index in [4.69, 9.17) is 23.2 Å². The van der Waals surface area contributed by atoms with E-state index in [9.17, 15) is 0 Å². The number of pyridine rings is 2. The van der Waals surface area contributed by atoms with Crippen molar-refractivity contribution in [2.75, 3.05) is 9.80 Å².